The van der Waals surface area contributed by atoms with Gasteiger partial charge in [-0.3, -0.25) is 4.79 Å². The average molecular weight is 383 g/mol. The number of nitrogens with zero attached hydrogens (tertiary/aromatic N) is 2. The molecular formula is C22H29N3O3. The molecule has 2 aromatic rings. The van der Waals surface area contributed by atoms with Crippen LogP contribution in [0.1, 0.15) is 44.9 Å². The first-order valence-electron chi connectivity index (χ1n) is 10.4. The first kappa shape index (κ1) is 19.2. The Morgan fingerprint density at radius 3 is 3.11 bits per heavy atom. The van der Waals surface area contributed by atoms with E-state index < -0.39 is 6.10 Å². The standard InChI is InChI=1S/C22H29N3O3/c1-16(28-15-19-9-3-5-12-27-19)22(26)23-18-8-6-7-17(13-18)20-14-25-11-4-2-10-21(25)24-20/h6-8,13-14,16,19H,2-5,9-12,15H2,1H3,(H,23,26). The maximum absolute atomic E-state index is 12.5. The van der Waals surface area contributed by atoms with Crippen molar-refractivity contribution in [3.8, 4) is 11.3 Å². The van der Waals surface area contributed by atoms with Crippen LogP contribution in [0.5, 0.6) is 0 Å². The summed E-state index contributed by atoms with van der Waals surface area (Å²) in [4.78, 5) is 17.3. The van der Waals surface area contributed by atoms with E-state index in [0.29, 0.717) is 6.61 Å². The van der Waals surface area contributed by atoms with Crippen LogP contribution in [-0.2, 0) is 27.2 Å². The highest BCUT2D eigenvalue weighted by molar-refractivity contribution is 5.94. The van der Waals surface area contributed by atoms with Gasteiger partial charge in [0.15, 0.2) is 0 Å². The third-order valence-electron chi connectivity index (χ3n) is 5.51. The summed E-state index contributed by atoms with van der Waals surface area (Å²) in [7, 11) is 0. The Bertz CT molecular complexity index is 788. The van der Waals surface area contributed by atoms with Crippen LogP contribution in [0.25, 0.3) is 11.3 Å². The van der Waals surface area contributed by atoms with Crippen molar-refractivity contribution in [2.45, 2.75) is 64.2 Å². The van der Waals surface area contributed by atoms with Gasteiger partial charge in [0, 0.05) is 37.0 Å². The molecule has 0 spiro atoms. The Hall–Kier alpha value is -2.18. The van der Waals surface area contributed by atoms with Gasteiger partial charge in [-0.1, -0.05) is 12.1 Å². The largest absolute Gasteiger partial charge is 0.376 e. The van der Waals surface area contributed by atoms with E-state index in [2.05, 4.69) is 16.1 Å². The fourth-order valence-electron chi connectivity index (χ4n) is 3.82. The van der Waals surface area contributed by atoms with E-state index in [4.69, 9.17) is 14.5 Å². The minimum absolute atomic E-state index is 0.110. The molecule has 1 fully saturated rings. The Labute approximate surface area is 166 Å². The van der Waals surface area contributed by atoms with Gasteiger partial charge in [0.2, 0.25) is 0 Å². The van der Waals surface area contributed by atoms with E-state index in [1.807, 2.05) is 24.3 Å². The molecule has 4 rings (SSSR count). The highest BCUT2D eigenvalue weighted by Crippen LogP contribution is 2.25. The van der Waals surface area contributed by atoms with Gasteiger partial charge in [-0.15, -0.1) is 0 Å². The zero-order valence-corrected chi connectivity index (χ0v) is 16.5. The highest BCUT2D eigenvalue weighted by atomic mass is 16.5. The van der Waals surface area contributed by atoms with E-state index in [9.17, 15) is 4.79 Å². The van der Waals surface area contributed by atoms with Gasteiger partial charge < -0.3 is 19.4 Å². The molecule has 3 heterocycles. The van der Waals surface area contributed by atoms with E-state index in [-0.39, 0.29) is 12.0 Å². The zero-order chi connectivity index (χ0) is 19.3. The van der Waals surface area contributed by atoms with Crippen LogP contribution in [0.3, 0.4) is 0 Å². The number of aromatic nitrogens is 2. The van der Waals surface area contributed by atoms with Crippen molar-refractivity contribution in [2.24, 2.45) is 0 Å². The number of fused-ring (bicyclic) bond motifs is 1. The van der Waals surface area contributed by atoms with Gasteiger partial charge in [-0.25, -0.2) is 4.98 Å². The number of amides is 1. The number of aryl methyl sites for hydroxylation is 2. The smallest absolute Gasteiger partial charge is 0.253 e. The summed E-state index contributed by atoms with van der Waals surface area (Å²) in [5, 5.41) is 2.96. The van der Waals surface area contributed by atoms with Crippen molar-refractivity contribution in [2.75, 3.05) is 18.5 Å². The number of carbonyl (C=O) groups excluding carboxylic acids is 1. The summed E-state index contributed by atoms with van der Waals surface area (Å²) in [5.41, 5.74) is 2.74. The first-order valence-corrected chi connectivity index (χ1v) is 10.4. The molecule has 2 atom stereocenters. The van der Waals surface area contributed by atoms with Crippen LogP contribution in [0.2, 0.25) is 0 Å². The third kappa shape index (κ3) is 4.62. The molecule has 28 heavy (non-hydrogen) atoms. The number of nitrogens with one attached hydrogen (secondary N) is 1. The monoisotopic (exact) mass is 383 g/mol. The van der Waals surface area contributed by atoms with Crippen LogP contribution < -0.4 is 5.32 Å². The van der Waals surface area contributed by atoms with Crippen molar-refractivity contribution in [1.82, 2.24) is 9.55 Å². The molecule has 0 bridgehead atoms. The van der Waals surface area contributed by atoms with Gasteiger partial charge in [0.25, 0.3) is 5.91 Å². The lowest BCUT2D eigenvalue weighted by Crippen LogP contribution is -2.32. The van der Waals surface area contributed by atoms with Crippen molar-refractivity contribution in [3.63, 3.8) is 0 Å². The highest BCUT2D eigenvalue weighted by Gasteiger charge is 2.19. The number of anilines is 1. The zero-order valence-electron chi connectivity index (χ0n) is 16.5. The predicted molar refractivity (Wildman–Crippen MR) is 108 cm³/mol. The van der Waals surface area contributed by atoms with Crippen LogP contribution in [0.15, 0.2) is 30.5 Å². The maximum atomic E-state index is 12.5. The second-order valence-electron chi connectivity index (χ2n) is 7.73. The summed E-state index contributed by atoms with van der Waals surface area (Å²) in [5.74, 6) is 1.01. The molecule has 1 N–H and O–H groups in total. The number of rotatable bonds is 6. The number of hydrogen-bond acceptors (Lipinski definition) is 4. The van der Waals surface area contributed by atoms with Crippen molar-refractivity contribution < 1.29 is 14.3 Å². The van der Waals surface area contributed by atoms with Crippen LogP contribution in [0.4, 0.5) is 5.69 Å². The van der Waals surface area contributed by atoms with Crippen LogP contribution in [-0.4, -0.2) is 40.9 Å². The molecule has 1 aromatic heterocycles. The molecule has 1 saturated heterocycles. The Morgan fingerprint density at radius 1 is 1.36 bits per heavy atom. The fraction of sp³-hybridized carbons (Fsp3) is 0.545. The number of benzene rings is 1. The predicted octanol–water partition coefficient (Wildman–Crippen LogP) is 3.80. The molecule has 6 heteroatoms. The second kappa shape index (κ2) is 8.88. The quantitative estimate of drug-likeness (QED) is 0.824. The van der Waals surface area contributed by atoms with Gasteiger partial charge in [0.1, 0.15) is 11.9 Å². The topological polar surface area (TPSA) is 65.4 Å². The molecule has 0 saturated carbocycles. The van der Waals surface area contributed by atoms with E-state index in [1.54, 1.807) is 6.92 Å². The minimum Gasteiger partial charge on any atom is -0.376 e. The van der Waals surface area contributed by atoms with Gasteiger partial charge in [-0.05, 0) is 51.2 Å². The molecule has 2 aliphatic heterocycles. The average Bonchev–Trinajstić information content (AvgIpc) is 3.17. The Kier molecular flexibility index (Phi) is 6.07. The lowest BCUT2D eigenvalue weighted by atomic mass is 10.1. The number of carbonyl (C=O) groups is 1. The van der Waals surface area contributed by atoms with Crippen LogP contribution >= 0.6 is 0 Å². The van der Waals surface area contributed by atoms with E-state index in [1.165, 1.54) is 19.3 Å². The van der Waals surface area contributed by atoms with E-state index in [0.717, 1.165) is 55.2 Å². The summed E-state index contributed by atoms with van der Waals surface area (Å²) in [6.07, 6.45) is 8.45. The maximum Gasteiger partial charge on any atom is 0.253 e. The lowest BCUT2D eigenvalue weighted by molar-refractivity contribution is -0.130. The van der Waals surface area contributed by atoms with Gasteiger partial charge >= 0.3 is 0 Å². The number of ether oxygens (including phenoxy) is 2. The summed E-state index contributed by atoms with van der Waals surface area (Å²) in [6.45, 7) is 4.08. The van der Waals surface area contributed by atoms with Crippen molar-refractivity contribution in [3.05, 3.63) is 36.3 Å². The Morgan fingerprint density at radius 2 is 2.29 bits per heavy atom. The molecule has 6 nitrogen and oxygen atoms in total. The number of imidazole rings is 1. The molecule has 2 aliphatic rings. The fourth-order valence-corrected chi connectivity index (χ4v) is 3.82. The van der Waals surface area contributed by atoms with Crippen molar-refractivity contribution in [1.29, 1.82) is 0 Å². The second-order valence-corrected chi connectivity index (χ2v) is 7.73. The molecule has 2 unspecified atom stereocenters. The molecule has 150 valence electrons. The normalized spacial score (nSPS) is 20.4. The molecular weight excluding hydrogens is 354 g/mol. The van der Waals surface area contributed by atoms with Gasteiger partial charge in [-0.2, -0.15) is 0 Å². The van der Waals surface area contributed by atoms with E-state index >= 15 is 0 Å². The number of hydrogen-bond donors (Lipinski definition) is 1. The minimum atomic E-state index is -0.519. The lowest BCUT2D eigenvalue weighted by Gasteiger charge is -2.23. The SMILES string of the molecule is CC(OCC1CCCCO1)C(=O)Nc1cccc(-c2cn3c(n2)CCCC3)c1. The van der Waals surface area contributed by atoms with Crippen molar-refractivity contribution >= 4 is 11.6 Å². The Balaban J connectivity index is 1.36. The molecule has 1 aromatic carbocycles. The van der Waals surface area contributed by atoms with Crippen LogP contribution in [0, 0.1) is 0 Å². The summed E-state index contributed by atoms with van der Waals surface area (Å²) >= 11 is 0. The molecule has 0 radical (unpaired) electrons. The molecule has 1 amide bonds. The summed E-state index contributed by atoms with van der Waals surface area (Å²) in [6, 6.07) is 7.85. The third-order valence-corrected chi connectivity index (χ3v) is 5.51. The van der Waals surface area contributed by atoms with Gasteiger partial charge in [0.05, 0.1) is 18.4 Å². The summed E-state index contributed by atoms with van der Waals surface area (Å²) < 4.78 is 13.6. The first-order chi connectivity index (χ1) is 13.7. The molecule has 0 aliphatic carbocycles.